The molecule has 256 valence electrons. The van der Waals surface area contributed by atoms with Crippen molar-refractivity contribution in [2.24, 2.45) is 5.92 Å². The first-order valence-electron chi connectivity index (χ1n) is 19.0. The highest BCUT2D eigenvalue weighted by Gasteiger charge is 2.34. The van der Waals surface area contributed by atoms with Crippen molar-refractivity contribution in [2.45, 2.75) is 129 Å². The maximum atomic E-state index is 13.9. The third-order valence-corrected chi connectivity index (χ3v) is 10.6. The average Bonchev–Trinajstić information content (AvgIpc) is 3.12. The van der Waals surface area contributed by atoms with Crippen LogP contribution in [-0.2, 0) is 0 Å². The summed E-state index contributed by atoms with van der Waals surface area (Å²) in [5.41, 5.74) is 4.30. The zero-order valence-electron chi connectivity index (χ0n) is 29.4. The number of carbonyl (C=O) groups excluding carboxylic acids is 3. The number of anilines is 2. The van der Waals surface area contributed by atoms with Crippen LogP contribution >= 0.6 is 0 Å². The molecule has 5 heteroatoms. The summed E-state index contributed by atoms with van der Waals surface area (Å²) in [6.45, 7) is 5.24. The van der Waals surface area contributed by atoms with E-state index in [1.54, 1.807) is 30.3 Å². The fraction of sp³-hybridized carbons (Fsp3) is 0.512. The number of carbonyl (C=O) groups is 3. The molecule has 0 atom stereocenters. The maximum absolute atomic E-state index is 13.9. The Morgan fingerprint density at radius 2 is 1.17 bits per heavy atom. The number of benzene rings is 3. The lowest BCUT2D eigenvalue weighted by Gasteiger charge is -2.29. The molecule has 5 nitrogen and oxygen atoms in total. The van der Waals surface area contributed by atoms with Crippen molar-refractivity contribution < 1.29 is 14.4 Å². The first-order chi connectivity index (χ1) is 23.5. The molecule has 0 heterocycles. The lowest BCUT2D eigenvalue weighted by atomic mass is 9.77. The molecule has 5 rings (SSSR count). The fourth-order valence-corrected chi connectivity index (χ4v) is 7.70. The Bertz CT molecular complexity index is 1520. The van der Waals surface area contributed by atoms with Crippen LogP contribution in [0, 0.1) is 5.92 Å². The Morgan fingerprint density at radius 3 is 1.79 bits per heavy atom. The van der Waals surface area contributed by atoms with Gasteiger partial charge in [0.25, 0.3) is 5.91 Å². The second-order valence-electron chi connectivity index (χ2n) is 14.2. The number of fused-ring (bicyclic) bond motifs is 2. The van der Waals surface area contributed by atoms with E-state index < -0.39 is 0 Å². The van der Waals surface area contributed by atoms with Gasteiger partial charge in [-0.05, 0) is 73.8 Å². The minimum absolute atomic E-state index is 0.185. The van der Waals surface area contributed by atoms with Gasteiger partial charge in [0.05, 0.1) is 16.8 Å². The zero-order chi connectivity index (χ0) is 33.7. The fourth-order valence-electron chi connectivity index (χ4n) is 7.70. The van der Waals surface area contributed by atoms with Crippen molar-refractivity contribution in [3.8, 4) is 0 Å². The van der Waals surface area contributed by atoms with E-state index >= 15 is 0 Å². The molecule has 0 unspecified atom stereocenters. The van der Waals surface area contributed by atoms with Gasteiger partial charge >= 0.3 is 0 Å². The van der Waals surface area contributed by atoms with Crippen LogP contribution in [0.4, 0.5) is 11.4 Å². The van der Waals surface area contributed by atoms with Crippen LogP contribution in [0.25, 0.3) is 0 Å². The van der Waals surface area contributed by atoms with Gasteiger partial charge in [-0.3, -0.25) is 14.4 Å². The number of hydrogen-bond acceptors (Lipinski definition) is 4. The molecule has 0 radical (unpaired) electrons. The van der Waals surface area contributed by atoms with Gasteiger partial charge in [-0.1, -0.05) is 127 Å². The molecular formula is C43H56N2O3. The smallest absolute Gasteiger partial charge is 0.255 e. The Kier molecular flexibility index (Phi) is 13.4. The lowest BCUT2D eigenvalue weighted by molar-refractivity contribution is 0.0979. The van der Waals surface area contributed by atoms with Crippen molar-refractivity contribution in [1.29, 1.82) is 0 Å². The number of rotatable bonds is 18. The van der Waals surface area contributed by atoms with E-state index in [2.05, 4.69) is 36.6 Å². The molecule has 1 fully saturated rings. The minimum Gasteiger partial charge on any atom is -0.384 e. The van der Waals surface area contributed by atoms with Crippen LogP contribution in [0.15, 0.2) is 60.7 Å². The maximum Gasteiger partial charge on any atom is 0.255 e. The van der Waals surface area contributed by atoms with Crippen molar-refractivity contribution in [3.05, 3.63) is 94.0 Å². The highest BCUT2D eigenvalue weighted by Crippen LogP contribution is 2.39. The van der Waals surface area contributed by atoms with Gasteiger partial charge in [0.15, 0.2) is 11.6 Å². The summed E-state index contributed by atoms with van der Waals surface area (Å²) in [7, 11) is 0. The summed E-state index contributed by atoms with van der Waals surface area (Å²) in [5.74, 6) is 0.716. The molecule has 0 spiro atoms. The first-order valence-corrected chi connectivity index (χ1v) is 19.0. The number of unbranched alkanes of at least 4 members (excludes halogenated alkanes) is 10. The van der Waals surface area contributed by atoms with Crippen LogP contribution in [0.1, 0.15) is 177 Å². The highest BCUT2D eigenvalue weighted by atomic mass is 16.2. The van der Waals surface area contributed by atoms with Crippen molar-refractivity contribution in [3.63, 3.8) is 0 Å². The monoisotopic (exact) mass is 648 g/mol. The molecule has 0 bridgehead atoms. The first kappa shape index (κ1) is 35.6. The van der Waals surface area contributed by atoms with Crippen LogP contribution in [0.2, 0.25) is 0 Å². The van der Waals surface area contributed by atoms with Gasteiger partial charge in [-0.15, -0.1) is 0 Å². The topological polar surface area (TPSA) is 75.3 Å². The molecule has 3 aromatic rings. The minimum atomic E-state index is -0.280. The van der Waals surface area contributed by atoms with Crippen LogP contribution < -0.4 is 10.6 Å². The largest absolute Gasteiger partial charge is 0.384 e. The summed E-state index contributed by atoms with van der Waals surface area (Å²) >= 11 is 0. The Labute approximate surface area is 288 Å². The average molecular weight is 649 g/mol. The van der Waals surface area contributed by atoms with Crippen LogP contribution in [-0.4, -0.2) is 24.0 Å². The normalized spacial score (nSPS) is 17.1. The van der Waals surface area contributed by atoms with Gasteiger partial charge < -0.3 is 10.6 Å². The summed E-state index contributed by atoms with van der Waals surface area (Å²) < 4.78 is 0. The van der Waals surface area contributed by atoms with Crippen LogP contribution in [0.5, 0.6) is 0 Å². The molecule has 0 saturated heterocycles. The van der Waals surface area contributed by atoms with Gasteiger partial charge in [0.2, 0.25) is 0 Å². The molecule has 2 aliphatic carbocycles. The van der Waals surface area contributed by atoms with Gasteiger partial charge in [-0.25, -0.2) is 0 Å². The number of ketones is 2. The van der Waals surface area contributed by atoms with E-state index in [0.717, 1.165) is 25.3 Å². The third-order valence-electron chi connectivity index (χ3n) is 10.6. The molecule has 1 saturated carbocycles. The number of nitrogens with one attached hydrogen (secondary N) is 2. The Hall–Kier alpha value is -3.73. The second kappa shape index (κ2) is 18.1. The molecule has 3 aromatic carbocycles. The van der Waals surface area contributed by atoms with E-state index in [-0.39, 0.29) is 23.0 Å². The number of amides is 1. The second-order valence-corrected chi connectivity index (χ2v) is 14.2. The molecule has 2 aliphatic rings. The van der Waals surface area contributed by atoms with Gasteiger partial charge in [-0.2, -0.15) is 0 Å². The molecule has 0 aliphatic heterocycles. The van der Waals surface area contributed by atoms with Gasteiger partial charge in [0, 0.05) is 28.9 Å². The standard InChI is InChI=1S/C43H56N2O3/c1-3-5-7-8-9-10-11-12-16-30-44-37-28-29-38(40-39(37)41(46)35-18-14-15-19-36(35)42(40)47)45-43(48)34-26-24-33(25-27-34)32-22-20-31(21-23-32)17-13-6-4-2/h14-15,18-19,24-29,31-32,44H,3-13,16-17,20-23,30H2,1-2H3,(H,45,48). The predicted octanol–water partition coefficient (Wildman–Crippen LogP) is 11.5. The van der Waals surface area contributed by atoms with E-state index in [1.807, 2.05) is 18.2 Å². The van der Waals surface area contributed by atoms with E-state index in [0.29, 0.717) is 39.5 Å². The molecule has 1 amide bonds. The van der Waals surface area contributed by atoms with E-state index in [4.69, 9.17) is 0 Å². The quantitative estimate of drug-likeness (QED) is 0.105. The van der Waals surface area contributed by atoms with E-state index in [9.17, 15) is 14.4 Å². The SMILES string of the molecule is CCCCCCCCCCCNc1ccc(NC(=O)c2ccc(C3CCC(CCCCC)CC3)cc2)c2c1C(=O)c1ccccc1C2=O. The van der Waals surface area contributed by atoms with Crippen LogP contribution in [0.3, 0.4) is 0 Å². The zero-order valence-corrected chi connectivity index (χ0v) is 29.4. The summed E-state index contributed by atoms with van der Waals surface area (Å²) in [6, 6.07) is 18.6. The molecule has 2 N–H and O–H groups in total. The summed E-state index contributed by atoms with van der Waals surface area (Å²) in [5, 5.41) is 6.45. The molecule has 48 heavy (non-hydrogen) atoms. The predicted molar refractivity (Wildman–Crippen MR) is 199 cm³/mol. The van der Waals surface area contributed by atoms with Crippen molar-refractivity contribution in [2.75, 3.05) is 17.2 Å². The summed E-state index contributed by atoms with van der Waals surface area (Å²) in [6.07, 6.45) is 21.5. The number of hydrogen-bond donors (Lipinski definition) is 2. The van der Waals surface area contributed by atoms with Crippen molar-refractivity contribution in [1.82, 2.24) is 0 Å². The van der Waals surface area contributed by atoms with Crippen molar-refractivity contribution >= 4 is 28.8 Å². The molecule has 0 aromatic heterocycles. The Balaban J connectivity index is 1.23. The third kappa shape index (κ3) is 9.03. The summed E-state index contributed by atoms with van der Waals surface area (Å²) in [4.78, 5) is 41.2. The Morgan fingerprint density at radius 1 is 0.625 bits per heavy atom. The highest BCUT2D eigenvalue weighted by molar-refractivity contribution is 6.32. The van der Waals surface area contributed by atoms with Gasteiger partial charge in [0.1, 0.15) is 0 Å². The molecular weight excluding hydrogens is 592 g/mol. The van der Waals surface area contributed by atoms with E-state index in [1.165, 1.54) is 102 Å². The lowest BCUT2D eigenvalue weighted by Crippen LogP contribution is -2.25.